The van der Waals surface area contributed by atoms with Gasteiger partial charge in [0.25, 0.3) is 5.91 Å². The van der Waals surface area contributed by atoms with Gasteiger partial charge in [-0.3, -0.25) is 9.69 Å². The molecule has 0 radical (unpaired) electrons. The molecular formula is C26H31N3O4. The van der Waals surface area contributed by atoms with Crippen molar-refractivity contribution in [3.63, 3.8) is 0 Å². The first-order chi connectivity index (χ1) is 16.1. The van der Waals surface area contributed by atoms with Crippen LogP contribution in [0.5, 0.6) is 11.5 Å². The van der Waals surface area contributed by atoms with Gasteiger partial charge in [-0.25, -0.2) is 0 Å². The van der Waals surface area contributed by atoms with E-state index in [0.29, 0.717) is 17.9 Å². The van der Waals surface area contributed by atoms with Crippen LogP contribution in [0, 0.1) is 6.92 Å². The van der Waals surface area contributed by atoms with Gasteiger partial charge in [-0.2, -0.15) is 0 Å². The number of hydrogen-bond donors (Lipinski definition) is 1. The van der Waals surface area contributed by atoms with Gasteiger partial charge in [0, 0.05) is 37.9 Å². The quantitative estimate of drug-likeness (QED) is 0.570. The third-order valence-corrected chi connectivity index (χ3v) is 6.01. The molecule has 0 unspecified atom stereocenters. The Morgan fingerprint density at radius 1 is 1.03 bits per heavy atom. The highest BCUT2D eigenvalue weighted by Crippen LogP contribution is 2.35. The summed E-state index contributed by atoms with van der Waals surface area (Å²) in [6.45, 7) is 6.66. The number of morpholine rings is 1. The monoisotopic (exact) mass is 449 g/mol. The molecule has 1 amide bonds. The Morgan fingerprint density at radius 2 is 1.79 bits per heavy atom. The van der Waals surface area contributed by atoms with E-state index in [0.717, 1.165) is 61.2 Å². The van der Waals surface area contributed by atoms with Gasteiger partial charge in [0.1, 0.15) is 11.5 Å². The first-order valence-electron chi connectivity index (χ1n) is 11.2. The summed E-state index contributed by atoms with van der Waals surface area (Å²) in [4.78, 5) is 15.5. The predicted octanol–water partition coefficient (Wildman–Crippen LogP) is 3.53. The number of methoxy groups -OCH3 is 2. The van der Waals surface area contributed by atoms with E-state index in [1.54, 1.807) is 14.2 Å². The summed E-state index contributed by atoms with van der Waals surface area (Å²) in [6.07, 6.45) is 0. The van der Waals surface area contributed by atoms with E-state index < -0.39 is 0 Å². The van der Waals surface area contributed by atoms with Crippen LogP contribution >= 0.6 is 0 Å². The third-order valence-electron chi connectivity index (χ3n) is 6.01. The van der Waals surface area contributed by atoms with Crippen molar-refractivity contribution in [1.29, 1.82) is 0 Å². The zero-order chi connectivity index (χ0) is 23.2. The maximum atomic E-state index is 13.2. The van der Waals surface area contributed by atoms with Crippen LogP contribution in [-0.2, 0) is 4.74 Å². The van der Waals surface area contributed by atoms with Crippen LogP contribution in [-0.4, -0.2) is 69.0 Å². The molecule has 1 fully saturated rings. The Bertz CT molecular complexity index is 1090. The molecule has 0 spiro atoms. The lowest BCUT2D eigenvalue weighted by molar-refractivity contribution is 0.0383. The van der Waals surface area contributed by atoms with Crippen molar-refractivity contribution >= 4 is 5.91 Å². The SMILES string of the molecule is COc1ccc(OC)c(-n2c(-c3ccccc3)cc(C(=O)NCCN3CCOCC3)c2C)c1. The van der Waals surface area contributed by atoms with Crippen molar-refractivity contribution in [3.05, 3.63) is 65.9 Å². The standard InChI is InChI=1S/C26H31N3O4/c1-19-22(26(30)27-11-12-28-13-15-33-16-14-28)18-23(20-7-5-4-6-8-20)29(19)24-17-21(31-2)9-10-25(24)32-3/h4-10,17-18H,11-16H2,1-3H3,(H,27,30). The Kier molecular flexibility index (Phi) is 7.32. The normalized spacial score (nSPS) is 14.2. The van der Waals surface area contributed by atoms with E-state index in [-0.39, 0.29) is 5.91 Å². The van der Waals surface area contributed by atoms with Crippen LogP contribution in [0.2, 0.25) is 0 Å². The van der Waals surface area contributed by atoms with Crippen LogP contribution in [0.1, 0.15) is 16.1 Å². The second-order valence-corrected chi connectivity index (χ2v) is 7.98. The largest absolute Gasteiger partial charge is 0.497 e. The molecule has 1 aliphatic rings. The number of carbonyl (C=O) groups is 1. The maximum absolute atomic E-state index is 13.2. The first-order valence-corrected chi connectivity index (χ1v) is 11.2. The van der Waals surface area contributed by atoms with Crippen LogP contribution in [0.3, 0.4) is 0 Å². The molecule has 1 saturated heterocycles. The minimum Gasteiger partial charge on any atom is -0.497 e. The molecule has 0 aliphatic carbocycles. The van der Waals surface area contributed by atoms with Crippen molar-refractivity contribution in [1.82, 2.24) is 14.8 Å². The van der Waals surface area contributed by atoms with E-state index >= 15 is 0 Å². The number of benzene rings is 2. The predicted molar refractivity (Wildman–Crippen MR) is 129 cm³/mol. The van der Waals surface area contributed by atoms with Crippen molar-refractivity contribution in [2.75, 3.05) is 53.6 Å². The molecule has 7 nitrogen and oxygen atoms in total. The van der Waals surface area contributed by atoms with Gasteiger partial charge in [0.05, 0.1) is 44.4 Å². The van der Waals surface area contributed by atoms with Gasteiger partial charge in [0.15, 0.2) is 0 Å². The molecule has 2 heterocycles. The lowest BCUT2D eigenvalue weighted by Crippen LogP contribution is -2.41. The Labute approximate surface area is 194 Å². The molecule has 7 heteroatoms. The fourth-order valence-electron chi connectivity index (χ4n) is 4.19. The zero-order valence-electron chi connectivity index (χ0n) is 19.5. The summed E-state index contributed by atoms with van der Waals surface area (Å²) in [5.41, 5.74) is 4.22. The molecule has 3 aromatic rings. The summed E-state index contributed by atoms with van der Waals surface area (Å²) in [7, 11) is 3.28. The lowest BCUT2D eigenvalue weighted by Gasteiger charge is -2.26. The van der Waals surface area contributed by atoms with Gasteiger partial charge in [-0.15, -0.1) is 0 Å². The summed E-state index contributed by atoms with van der Waals surface area (Å²) in [5, 5.41) is 3.09. The molecule has 0 atom stereocenters. The fraction of sp³-hybridized carbons (Fsp3) is 0.346. The minimum atomic E-state index is -0.0847. The number of nitrogens with one attached hydrogen (secondary N) is 1. The number of aromatic nitrogens is 1. The van der Waals surface area contributed by atoms with Gasteiger partial charge < -0.3 is 24.1 Å². The van der Waals surface area contributed by atoms with E-state index in [9.17, 15) is 4.79 Å². The molecule has 1 N–H and O–H groups in total. The molecule has 33 heavy (non-hydrogen) atoms. The highest BCUT2D eigenvalue weighted by Gasteiger charge is 2.22. The molecular weight excluding hydrogens is 418 g/mol. The van der Waals surface area contributed by atoms with E-state index in [4.69, 9.17) is 14.2 Å². The van der Waals surface area contributed by atoms with Crippen LogP contribution < -0.4 is 14.8 Å². The number of nitrogens with zero attached hydrogens (tertiary/aromatic N) is 2. The first kappa shape index (κ1) is 22.9. The van der Waals surface area contributed by atoms with Gasteiger partial charge in [-0.1, -0.05) is 30.3 Å². The summed E-state index contributed by atoms with van der Waals surface area (Å²) in [5.74, 6) is 1.33. The van der Waals surface area contributed by atoms with E-state index in [2.05, 4.69) is 14.8 Å². The average molecular weight is 450 g/mol. The smallest absolute Gasteiger partial charge is 0.253 e. The van der Waals surface area contributed by atoms with E-state index in [1.165, 1.54) is 0 Å². The van der Waals surface area contributed by atoms with E-state index in [1.807, 2.05) is 61.5 Å². The number of amides is 1. The second-order valence-electron chi connectivity index (χ2n) is 7.98. The molecule has 174 valence electrons. The fourth-order valence-corrected chi connectivity index (χ4v) is 4.19. The highest BCUT2D eigenvalue weighted by atomic mass is 16.5. The molecule has 2 aromatic carbocycles. The van der Waals surface area contributed by atoms with Crippen LogP contribution in [0.15, 0.2) is 54.6 Å². The summed E-state index contributed by atoms with van der Waals surface area (Å²) < 4.78 is 18.6. The molecule has 0 bridgehead atoms. The van der Waals surface area contributed by atoms with Gasteiger partial charge >= 0.3 is 0 Å². The number of hydrogen-bond acceptors (Lipinski definition) is 5. The molecule has 1 aromatic heterocycles. The average Bonchev–Trinajstić information content (AvgIpc) is 3.21. The zero-order valence-corrected chi connectivity index (χ0v) is 19.5. The Balaban J connectivity index is 1.68. The van der Waals surface area contributed by atoms with Gasteiger partial charge in [-0.05, 0) is 30.7 Å². The third kappa shape index (κ3) is 5.05. The highest BCUT2D eigenvalue weighted by molar-refractivity contribution is 5.97. The maximum Gasteiger partial charge on any atom is 0.253 e. The molecule has 1 aliphatic heterocycles. The number of ether oxygens (including phenoxy) is 3. The number of rotatable bonds is 8. The lowest BCUT2D eigenvalue weighted by atomic mass is 10.1. The number of carbonyl (C=O) groups excluding carboxylic acids is 1. The van der Waals surface area contributed by atoms with Gasteiger partial charge in [0.2, 0.25) is 0 Å². The van der Waals surface area contributed by atoms with Crippen molar-refractivity contribution in [2.45, 2.75) is 6.92 Å². The van der Waals surface area contributed by atoms with Crippen LogP contribution in [0.4, 0.5) is 0 Å². The summed E-state index contributed by atoms with van der Waals surface area (Å²) >= 11 is 0. The summed E-state index contributed by atoms with van der Waals surface area (Å²) in [6, 6.07) is 17.7. The second kappa shape index (κ2) is 10.6. The van der Waals surface area contributed by atoms with Crippen LogP contribution in [0.25, 0.3) is 16.9 Å². The van der Waals surface area contributed by atoms with Crippen molar-refractivity contribution in [3.8, 4) is 28.4 Å². The minimum absolute atomic E-state index is 0.0847. The molecule has 0 saturated carbocycles. The Morgan fingerprint density at radius 3 is 2.48 bits per heavy atom. The van der Waals surface area contributed by atoms with Crippen molar-refractivity contribution < 1.29 is 19.0 Å². The molecule has 4 rings (SSSR count). The van der Waals surface area contributed by atoms with Crippen molar-refractivity contribution in [2.24, 2.45) is 0 Å². The Hall–Kier alpha value is -3.29. The topological polar surface area (TPSA) is 65.0 Å².